The Morgan fingerprint density at radius 2 is 1.64 bits per heavy atom. The maximum Gasteiger partial charge on any atom is 0.250 e. The number of carbonyl (C=O) groups excluding carboxylic acids is 1. The summed E-state index contributed by atoms with van der Waals surface area (Å²) < 4.78 is 5.56. The molecule has 1 saturated heterocycles. The van der Waals surface area contributed by atoms with E-state index in [0.717, 1.165) is 6.54 Å². The molecule has 2 unspecified atom stereocenters. The number of nitrogens with one attached hydrogen (secondary N) is 2. The van der Waals surface area contributed by atoms with Crippen molar-refractivity contribution in [2.24, 2.45) is 0 Å². The summed E-state index contributed by atoms with van der Waals surface area (Å²) >= 11 is 0. The first kappa shape index (κ1) is 19.4. The highest BCUT2D eigenvalue weighted by atomic mass is 35.5. The third-order valence-corrected chi connectivity index (χ3v) is 4.41. The summed E-state index contributed by atoms with van der Waals surface area (Å²) in [5.41, 5.74) is 2.39. The summed E-state index contributed by atoms with van der Waals surface area (Å²) in [6, 6.07) is 20.6. The Balaban J connectivity index is 0.00000225. The van der Waals surface area contributed by atoms with Gasteiger partial charge in [0.1, 0.15) is 6.10 Å². The number of benzene rings is 2. The van der Waals surface area contributed by atoms with Crippen LogP contribution in [0.1, 0.15) is 24.0 Å². The van der Waals surface area contributed by atoms with Crippen LogP contribution >= 0.6 is 12.4 Å². The number of halogens is 1. The van der Waals surface area contributed by atoms with Gasteiger partial charge in [-0.3, -0.25) is 4.79 Å². The standard InChI is InChI=1S/C20H24N2O2.ClH/c1-15(22-20(23)18-14-21-12-13-24-18)19(16-8-4-2-5-9-16)17-10-6-3-7-11-17;/h2-11,15,18-19,21H,12-14H2,1H3,(H,22,23);1H. The van der Waals surface area contributed by atoms with E-state index in [9.17, 15) is 4.79 Å². The molecule has 0 saturated carbocycles. The SMILES string of the molecule is CC(NC(=O)C1CNCCO1)C(c1ccccc1)c1ccccc1.Cl. The van der Waals surface area contributed by atoms with E-state index in [-0.39, 0.29) is 30.3 Å². The minimum absolute atomic E-state index is 0. The molecule has 134 valence electrons. The van der Waals surface area contributed by atoms with Crippen molar-refractivity contribution in [2.75, 3.05) is 19.7 Å². The molecule has 3 rings (SSSR count). The predicted molar refractivity (Wildman–Crippen MR) is 102 cm³/mol. The average molecular weight is 361 g/mol. The topological polar surface area (TPSA) is 50.4 Å². The molecule has 1 amide bonds. The van der Waals surface area contributed by atoms with Crippen LogP contribution in [0, 0.1) is 0 Å². The van der Waals surface area contributed by atoms with Gasteiger partial charge in [-0.15, -0.1) is 12.4 Å². The maximum absolute atomic E-state index is 12.5. The van der Waals surface area contributed by atoms with Gasteiger partial charge < -0.3 is 15.4 Å². The molecular formula is C20H25ClN2O2. The van der Waals surface area contributed by atoms with Crippen LogP contribution in [0.15, 0.2) is 60.7 Å². The number of rotatable bonds is 5. The Kier molecular flexibility index (Phi) is 7.44. The highest BCUT2D eigenvalue weighted by Gasteiger charge is 2.27. The van der Waals surface area contributed by atoms with E-state index in [4.69, 9.17) is 4.74 Å². The van der Waals surface area contributed by atoms with Crippen LogP contribution in [-0.2, 0) is 9.53 Å². The zero-order valence-corrected chi connectivity index (χ0v) is 15.2. The van der Waals surface area contributed by atoms with Crippen molar-refractivity contribution in [1.82, 2.24) is 10.6 Å². The fourth-order valence-electron chi connectivity index (χ4n) is 3.23. The smallest absolute Gasteiger partial charge is 0.250 e. The zero-order valence-electron chi connectivity index (χ0n) is 14.4. The molecule has 2 aromatic rings. The van der Waals surface area contributed by atoms with Gasteiger partial charge in [0.05, 0.1) is 6.61 Å². The van der Waals surface area contributed by atoms with Crippen LogP contribution in [0.3, 0.4) is 0 Å². The molecule has 1 fully saturated rings. The molecule has 1 aliphatic heterocycles. The van der Waals surface area contributed by atoms with Crippen molar-refractivity contribution in [2.45, 2.75) is 25.0 Å². The largest absolute Gasteiger partial charge is 0.366 e. The average Bonchev–Trinajstić information content (AvgIpc) is 2.64. The number of hydrogen-bond donors (Lipinski definition) is 2. The van der Waals surface area contributed by atoms with E-state index in [0.29, 0.717) is 13.2 Å². The number of hydrogen-bond acceptors (Lipinski definition) is 3. The summed E-state index contributed by atoms with van der Waals surface area (Å²) in [4.78, 5) is 12.5. The lowest BCUT2D eigenvalue weighted by atomic mass is 9.85. The van der Waals surface area contributed by atoms with E-state index >= 15 is 0 Å². The van der Waals surface area contributed by atoms with Crippen molar-refractivity contribution >= 4 is 18.3 Å². The zero-order chi connectivity index (χ0) is 16.8. The molecule has 0 aliphatic carbocycles. The van der Waals surface area contributed by atoms with Gasteiger partial charge in [0.25, 0.3) is 5.91 Å². The second-order valence-electron chi connectivity index (χ2n) is 6.16. The van der Waals surface area contributed by atoms with Crippen molar-refractivity contribution in [3.63, 3.8) is 0 Å². The maximum atomic E-state index is 12.5. The molecule has 2 atom stereocenters. The van der Waals surface area contributed by atoms with E-state index in [2.05, 4.69) is 41.8 Å². The molecule has 1 aliphatic rings. The minimum Gasteiger partial charge on any atom is -0.366 e. The molecule has 0 aromatic heterocycles. The molecule has 2 aromatic carbocycles. The normalized spacial score (nSPS) is 18.2. The van der Waals surface area contributed by atoms with Crippen LogP contribution in [0.5, 0.6) is 0 Å². The van der Waals surface area contributed by atoms with Crippen molar-refractivity contribution < 1.29 is 9.53 Å². The fourth-order valence-corrected chi connectivity index (χ4v) is 3.23. The number of carbonyl (C=O) groups is 1. The lowest BCUT2D eigenvalue weighted by Crippen LogP contribution is -2.50. The first-order valence-electron chi connectivity index (χ1n) is 8.48. The first-order valence-corrected chi connectivity index (χ1v) is 8.48. The Bertz CT molecular complexity index is 606. The second-order valence-corrected chi connectivity index (χ2v) is 6.16. The molecule has 0 radical (unpaired) electrons. The monoisotopic (exact) mass is 360 g/mol. The molecular weight excluding hydrogens is 336 g/mol. The fraction of sp³-hybridized carbons (Fsp3) is 0.350. The van der Waals surface area contributed by atoms with Gasteiger partial charge in [-0.25, -0.2) is 0 Å². The summed E-state index contributed by atoms with van der Waals surface area (Å²) in [5.74, 6) is 0.0551. The minimum atomic E-state index is -0.409. The van der Waals surface area contributed by atoms with Crippen LogP contribution < -0.4 is 10.6 Å². The van der Waals surface area contributed by atoms with Crippen LogP contribution in [0.25, 0.3) is 0 Å². The molecule has 25 heavy (non-hydrogen) atoms. The first-order chi connectivity index (χ1) is 11.8. The second kappa shape index (κ2) is 9.56. The van der Waals surface area contributed by atoms with E-state index in [1.54, 1.807) is 0 Å². The molecule has 5 heteroatoms. The Morgan fingerprint density at radius 3 is 2.12 bits per heavy atom. The van der Waals surface area contributed by atoms with E-state index < -0.39 is 6.10 Å². The van der Waals surface area contributed by atoms with Gasteiger partial charge in [0, 0.05) is 25.0 Å². The van der Waals surface area contributed by atoms with Gasteiger partial charge in [-0.2, -0.15) is 0 Å². The van der Waals surface area contributed by atoms with E-state index in [1.165, 1.54) is 11.1 Å². The van der Waals surface area contributed by atoms with Crippen molar-refractivity contribution in [3.8, 4) is 0 Å². The summed E-state index contributed by atoms with van der Waals surface area (Å²) in [6.07, 6.45) is -0.409. The predicted octanol–water partition coefficient (Wildman–Crippen LogP) is 2.73. The van der Waals surface area contributed by atoms with Crippen LogP contribution in [0.4, 0.5) is 0 Å². The van der Waals surface area contributed by atoms with Crippen LogP contribution in [-0.4, -0.2) is 37.7 Å². The lowest BCUT2D eigenvalue weighted by Gasteiger charge is -2.29. The van der Waals surface area contributed by atoms with Gasteiger partial charge in [-0.1, -0.05) is 60.7 Å². The Hall–Kier alpha value is -1.88. The Labute approximate surface area is 155 Å². The van der Waals surface area contributed by atoms with Gasteiger partial charge in [0.15, 0.2) is 0 Å². The lowest BCUT2D eigenvalue weighted by molar-refractivity contribution is -0.134. The van der Waals surface area contributed by atoms with E-state index in [1.807, 2.05) is 36.4 Å². The van der Waals surface area contributed by atoms with Crippen molar-refractivity contribution in [1.29, 1.82) is 0 Å². The molecule has 1 heterocycles. The molecule has 2 N–H and O–H groups in total. The third-order valence-electron chi connectivity index (χ3n) is 4.41. The van der Waals surface area contributed by atoms with Gasteiger partial charge in [0.2, 0.25) is 0 Å². The highest BCUT2D eigenvalue weighted by Crippen LogP contribution is 2.28. The van der Waals surface area contributed by atoms with Gasteiger partial charge >= 0.3 is 0 Å². The third kappa shape index (κ3) is 5.05. The highest BCUT2D eigenvalue weighted by molar-refractivity contribution is 5.85. The van der Waals surface area contributed by atoms with Crippen LogP contribution in [0.2, 0.25) is 0 Å². The molecule has 4 nitrogen and oxygen atoms in total. The summed E-state index contributed by atoms with van der Waals surface area (Å²) in [5, 5.41) is 6.34. The number of morpholine rings is 1. The van der Waals surface area contributed by atoms with Gasteiger partial charge in [-0.05, 0) is 18.1 Å². The molecule has 0 spiro atoms. The summed E-state index contributed by atoms with van der Waals surface area (Å²) in [7, 11) is 0. The van der Waals surface area contributed by atoms with Crippen molar-refractivity contribution in [3.05, 3.63) is 71.8 Å². The summed E-state index contributed by atoms with van der Waals surface area (Å²) in [6.45, 7) is 4.00. The number of ether oxygens (including phenoxy) is 1. The molecule has 0 bridgehead atoms. The quantitative estimate of drug-likeness (QED) is 0.862. The Morgan fingerprint density at radius 1 is 1.08 bits per heavy atom. The number of amides is 1.